The van der Waals surface area contributed by atoms with E-state index in [1.54, 1.807) is 0 Å². The van der Waals surface area contributed by atoms with E-state index in [9.17, 15) is 5.11 Å². The second-order valence-electron chi connectivity index (χ2n) is 5.26. The van der Waals surface area contributed by atoms with Gasteiger partial charge in [-0.15, -0.1) is 0 Å². The number of rotatable bonds is 7. The SMILES string of the molecule is C[C@H](CCc1ccccc1)NC[C@@H](O)c1ccccc1. The molecule has 0 unspecified atom stereocenters. The predicted molar refractivity (Wildman–Crippen MR) is 83.6 cm³/mol. The third-order valence-corrected chi connectivity index (χ3v) is 3.55. The molecule has 2 N–H and O–H groups in total. The van der Waals surface area contributed by atoms with Crippen molar-refractivity contribution in [1.29, 1.82) is 0 Å². The quantitative estimate of drug-likeness (QED) is 0.808. The third kappa shape index (κ3) is 4.80. The lowest BCUT2D eigenvalue weighted by Gasteiger charge is -2.17. The molecule has 20 heavy (non-hydrogen) atoms. The number of hydrogen-bond acceptors (Lipinski definition) is 2. The molecule has 0 saturated carbocycles. The van der Waals surface area contributed by atoms with E-state index in [1.165, 1.54) is 5.56 Å². The topological polar surface area (TPSA) is 32.3 Å². The van der Waals surface area contributed by atoms with Gasteiger partial charge in [-0.1, -0.05) is 60.7 Å². The Hall–Kier alpha value is -1.64. The highest BCUT2D eigenvalue weighted by atomic mass is 16.3. The Kier molecular flexibility index (Phi) is 5.78. The summed E-state index contributed by atoms with van der Waals surface area (Å²) in [6.07, 6.45) is 1.71. The summed E-state index contributed by atoms with van der Waals surface area (Å²) in [7, 11) is 0. The fourth-order valence-corrected chi connectivity index (χ4v) is 2.24. The Bertz CT molecular complexity index is 483. The van der Waals surface area contributed by atoms with Crippen LogP contribution in [0.3, 0.4) is 0 Å². The van der Waals surface area contributed by atoms with E-state index in [0.717, 1.165) is 18.4 Å². The molecule has 2 atom stereocenters. The molecular formula is C18H23NO. The van der Waals surface area contributed by atoms with Gasteiger partial charge in [-0.2, -0.15) is 0 Å². The van der Waals surface area contributed by atoms with Crippen LogP contribution in [0.25, 0.3) is 0 Å². The lowest BCUT2D eigenvalue weighted by atomic mass is 10.1. The third-order valence-electron chi connectivity index (χ3n) is 3.55. The lowest BCUT2D eigenvalue weighted by molar-refractivity contribution is 0.170. The molecule has 0 aromatic heterocycles. The van der Waals surface area contributed by atoms with Crippen molar-refractivity contribution in [3.05, 3.63) is 71.8 Å². The van der Waals surface area contributed by atoms with Gasteiger partial charge in [-0.25, -0.2) is 0 Å². The summed E-state index contributed by atoms with van der Waals surface area (Å²) in [4.78, 5) is 0. The zero-order valence-corrected chi connectivity index (χ0v) is 12.0. The number of aryl methyl sites for hydroxylation is 1. The maximum absolute atomic E-state index is 10.1. The van der Waals surface area contributed by atoms with Gasteiger partial charge in [0.25, 0.3) is 0 Å². The molecule has 0 heterocycles. The fraction of sp³-hybridized carbons (Fsp3) is 0.333. The van der Waals surface area contributed by atoms with Gasteiger partial charge in [0.05, 0.1) is 6.10 Å². The molecule has 0 aliphatic heterocycles. The normalized spacial score (nSPS) is 13.9. The predicted octanol–water partition coefficient (Wildman–Crippen LogP) is 3.33. The number of hydrogen-bond donors (Lipinski definition) is 2. The van der Waals surface area contributed by atoms with Gasteiger partial charge in [0, 0.05) is 12.6 Å². The van der Waals surface area contributed by atoms with E-state index in [2.05, 4.69) is 36.5 Å². The first-order chi connectivity index (χ1) is 9.75. The van der Waals surface area contributed by atoms with Crippen molar-refractivity contribution in [2.75, 3.05) is 6.54 Å². The molecule has 0 fully saturated rings. The molecule has 0 bridgehead atoms. The van der Waals surface area contributed by atoms with E-state index in [4.69, 9.17) is 0 Å². The van der Waals surface area contributed by atoms with Crippen LogP contribution in [0, 0.1) is 0 Å². The largest absolute Gasteiger partial charge is 0.387 e. The molecule has 0 aliphatic rings. The van der Waals surface area contributed by atoms with Crippen LogP contribution in [0.2, 0.25) is 0 Å². The number of aliphatic hydroxyl groups excluding tert-OH is 1. The highest BCUT2D eigenvalue weighted by Gasteiger charge is 2.08. The monoisotopic (exact) mass is 269 g/mol. The second kappa shape index (κ2) is 7.83. The Balaban J connectivity index is 1.71. The van der Waals surface area contributed by atoms with E-state index >= 15 is 0 Å². The van der Waals surface area contributed by atoms with Gasteiger partial charge in [0.15, 0.2) is 0 Å². The van der Waals surface area contributed by atoms with Gasteiger partial charge in [0.2, 0.25) is 0 Å². The summed E-state index contributed by atoms with van der Waals surface area (Å²) in [5.74, 6) is 0. The fourth-order valence-electron chi connectivity index (χ4n) is 2.24. The Morgan fingerprint density at radius 1 is 0.950 bits per heavy atom. The van der Waals surface area contributed by atoms with Gasteiger partial charge in [-0.3, -0.25) is 0 Å². The lowest BCUT2D eigenvalue weighted by Crippen LogP contribution is -2.30. The summed E-state index contributed by atoms with van der Waals surface area (Å²) in [5.41, 5.74) is 2.33. The number of benzene rings is 2. The van der Waals surface area contributed by atoms with Crippen LogP contribution < -0.4 is 5.32 Å². The molecule has 0 aliphatic carbocycles. The molecule has 2 aromatic carbocycles. The van der Waals surface area contributed by atoms with E-state index in [-0.39, 0.29) is 0 Å². The van der Waals surface area contributed by atoms with E-state index in [0.29, 0.717) is 12.6 Å². The van der Waals surface area contributed by atoms with Crippen molar-refractivity contribution in [2.24, 2.45) is 0 Å². The molecule has 0 saturated heterocycles. The summed E-state index contributed by atoms with van der Waals surface area (Å²) in [6, 6.07) is 20.7. The second-order valence-corrected chi connectivity index (χ2v) is 5.26. The van der Waals surface area contributed by atoms with Crippen molar-refractivity contribution in [1.82, 2.24) is 5.32 Å². The first-order valence-corrected chi connectivity index (χ1v) is 7.26. The Labute approximate surface area is 121 Å². The van der Waals surface area contributed by atoms with Crippen LogP contribution in [0.15, 0.2) is 60.7 Å². The van der Waals surface area contributed by atoms with Crippen molar-refractivity contribution in [3.8, 4) is 0 Å². The first kappa shape index (κ1) is 14.8. The number of aliphatic hydroxyl groups is 1. The average Bonchev–Trinajstić information content (AvgIpc) is 2.52. The van der Waals surface area contributed by atoms with Crippen LogP contribution in [-0.4, -0.2) is 17.7 Å². The molecule has 2 nitrogen and oxygen atoms in total. The molecule has 2 aromatic rings. The van der Waals surface area contributed by atoms with Crippen LogP contribution in [0.5, 0.6) is 0 Å². The number of nitrogens with one attached hydrogen (secondary N) is 1. The average molecular weight is 269 g/mol. The van der Waals surface area contributed by atoms with Gasteiger partial charge in [0.1, 0.15) is 0 Å². The molecule has 106 valence electrons. The van der Waals surface area contributed by atoms with E-state index < -0.39 is 6.10 Å². The Morgan fingerprint density at radius 2 is 1.55 bits per heavy atom. The van der Waals surface area contributed by atoms with E-state index in [1.807, 2.05) is 36.4 Å². The standard InChI is InChI=1S/C18H23NO/c1-15(12-13-16-8-4-2-5-9-16)19-14-18(20)17-10-6-3-7-11-17/h2-11,15,18-20H,12-14H2,1H3/t15-,18-/m1/s1. The Morgan fingerprint density at radius 3 is 2.20 bits per heavy atom. The zero-order valence-electron chi connectivity index (χ0n) is 12.0. The highest BCUT2D eigenvalue weighted by molar-refractivity contribution is 5.17. The maximum Gasteiger partial charge on any atom is 0.0914 e. The summed E-state index contributed by atoms with van der Waals surface area (Å²) < 4.78 is 0. The van der Waals surface area contributed by atoms with Gasteiger partial charge in [-0.05, 0) is 30.9 Å². The highest BCUT2D eigenvalue weighted by Crippen LogP contribution is 2.11. The van der Waals surface area contributed by atoms with Gasteiger partial charge < -0.3 is 10.4 Å². The molecule has 2 rings (SSSR count). The van der Waals surface area contributed by atoms with Crippen LogP contribution in [-0.2, 0) is 6.42 Å². The summed E-state index contributed by atoms with van der Waals surface area (Å²) >= 11 is 0. The van der Waals surface area contributed by atoms with Crippen LogP contribution in [0.4, 0.5) is 0 Å². The molecular weight excluding hydrogens is 246 g/mol. The smallest absolute Gasteiger partial charge is 0.0914 e. The van der Waals surface area contributed by atoms with Crippen LogP contribution >= 0.6 is 0 Å². The molecule has 0 amide bonds. The molecule has 2 heteroatoms. The summed E-state index contributed by atoms with van der Waals surface area (Å²) in [6.45, 7) is 2.76. The first-order valence-electron chi connectivity index (χ1n) is 7.26. The van der Waals surface area contributed by atoms with Crippen LogP contribution in [0.1, 0.15) is 30.6 Å². The minimum Gasteiger partial charge on any atom is -0.387 e. The van der Waals surface area contributed by atoms with Gasteiger partial charge >= 0.3 is 0 Å². The van der Waals surface area contributed by atoms with Crippen molar-refractivity contribution >= 4 is 0 Å². The van der Waals surface area contributed by atoms with Crippen molar-refractivity contribution in [3.63, 3.8) is 0 Å². The summed E-state index contributed by atoms with van der Waals surface area (Å²) in [5, 5.41) is 13.5. The van der Waals surface area contributed by atoms with Crippen molar-refractivity contribution in [2.45, 2.75) is 31.9 Å². The minimum absolute atomic E-state index is 0.397. The molecule has 0 radical (unpaired) electrons. The maximum atomic E-state index is 10.1. The molecule has 0 spiro atoms. The minimum atomic E-state index is -0.435. The van der Waals surface area contributed by atoms with Crippen molar-refractivity contribution < 1.29 is 5.11 Å². The zero-order chi connectivity index (χ0) is 14.2.